The highest BCUT2D eigenvalue weighted by atomic mass is 32.1. The quantitative estimate of drug-likeness (QED) is 0.771. The molecule has 1 aliphatic heterocycles. The summed E-state index contributed by atoms with van der Waals surface area (Å²) in [6, 6.07) is 9.62. The first-order chi connectivity index (χ1) is 12.6. The van der Waals surface area contributed by atoms with E-state index < -0.39 is 0 Å². The number of fused-ring (bicyclic) bond motifs is 1. The highest BCUT2D eigenvalue weighted by Crippen LogP contribution is 2.39. The number of rotatable bonds is 3. The van der Waals surface area contributed by atoms with Gasteiger partial charge in [0.15, 0.2) is 11.5 Å². The van der Waals surface area contributed by atoms with Crippen molar-refractivity contribution in [2.45, 2.75) is 20.0 Å². The molecule has 1 amide bonds. The van der Waals surface area contributed by atoms with Crippen molar-refractivity contribution < 1.29 is 14.6 Å². The van der Waals surface area contributed by atoms with Crippen LogP contribution in [0.1, 0.15) is 10.4 Å². The number of benzene rings is 1. The molecule has 0 aliphatic carbocycles. The van der Waals surface area contributed by atoms with E-state index in [2.05, 4.69) is 18.1 Å². The molecule has 0 saturated heterocycles. The molecule has 4 rings (SSSR count). The number of carbonyl (C=O) groups is 1. The van der Waals surface area contributed by atoms with E-state index in [1.54, 1.807) is 45.4 Å². The van der Waals surface area contributed by atoms with Gasteiger partial charge in [0.25, 0.3) is 0 Å². The lowest BCUT2D eigenvalue weighted by molar-refractivity contribution is -0.132. The minimum atomic E-state index is -0.0259. The summed E-state index contributed by atoms with van der Waals surface area (Å²) in [7, 11) is 0. The van der Waals surface area contributed by atoms with Gasteiger partial charge >= 0.3 is 0 Å². The van der Waals surface area contributed by atoms with Gasteiger partial charge in [0, 0.05) is 34.3 Å². The number of thiophene rings is 1. The number of phenols is 1. The smallest absolute Gasteiger partial charge is 0.244 e. The average molecular weight is 369 g/mol. The fourth-order valence-corrected chi connectivity index (χ4v) is 3.93. The van der Waals surface area contributed by atoms with Crippen LogP contribution in [-0.2, 0) is 17.9 Å². The number of aromatic hydroxyl groups is 1. The zero-order valence-electron chi connectivity index (χ0n) is 14.4. The summed E-state index contributed by atoms with van der Waals surface area (Å²) >= 11 is 1.67. The molecule has 0 radical (unpaired) electrons. The summed E-state index contributed by atoms with van der Waals surface area (Å²) in [5.74, 6) is 0.559. The number of ether oxygens (including phenoxy) is 1. The Labute approximate surface area is 155 Å². The fraction of sp³-hybridized carbons (Fsp3) is 0.263. The lowest BCUT2D eigenvalue weighted by Gasteiger charge is -2.20. The number of aryl methyl sites for hydroxylation is 1. The minimum absolute atomic E-state index is 0.0259. The fourth-order valence-electron chi connectivity index (χ4n) is 3.08. The predicted octanol–water partition coefficient (Wildman–Crippen LogP) is 3.05. The SMILES string of the molecule is Cc1ccc(-c2cc(O)c3c(c2)CN(C(=O)Cn2cccn2)CCO3)s1. The molecule has 0 spiro atoms. The first kappa shape index (κ1) is 16.7. The number of carbonyl (C=O) groups excluding carboxylic acids is 1. The van der Waals surface area contributed by atoms with Crippen LogP contribution in [0.3, 0.4) is 0 Å². The topological polar surface area (TPSA) is 67.6 Å². The highest BCUT2D eigenvalue weighted by molar-refractivity contribution is 7.15. The predicted molar refractivity (Wildman–Crippen MR) is 99.3 cm³/mol. The number of amides is 1. The Balaban J connectivity index is 1.62. The molecule has 3 heterocycles. The third-order valence-electron chi connectivity index (χ3n) is 4.35. The van der Waals surface area contributed by atoms with Crippen LogP contribution < -0.4 is 4.74 Å². The van der Waals surface area contributed by atoms with E-state index in [1.807, 2.05) is 12.1 Å². The van der Waals surface area contributed by atoms with Gasteiger partial charge in [-0.1, -0.05) is 0 Å². The van der Waals surface area contributed by atoms with Gasteiger partial charge in [-0.25, -0.2) is 0 Å². The molecular weight excluding hydrogens is 350 g/mol. The van der Waals surface area contributed by atoms with Crippen LogP contribution in [-0.4, -0.2) is 38.8 Å². The Morgan fingerprint density at radius 2 is 2.27 bits per heavy atom. The summed E-state index contributed by atoms with van der Waals surface area (Å²) in [5, 5.41) is 14.5. The van der Waals surface area contributed by atoms with Crippen molar-refractivity contribution >= 4 is 17.2 Å². The standard InChI is InChI=1S/C19H19N3O3S/c1-13-3-4-17(26-13)14-9-15-11-21(7-8-25-19(15)16(23)10-14)18(24)12-22-6-2-5-20-22/h2-6,9-10,23H,7-8,11-12H2,1H3. The minimum Gasteiger partial charge on any atom is -0.504 e. The van der Waals surface area contributed by atoms with E-state index in [0.717, 1.165) is 16.0 Å². The number of hydrogen-bond acceptors (Lipinski definition) is 5. The van der Waals surface area contributed by atoms with Gasteiger partial charge < -0.3 is 14.7 Å². The van der Waals surface area contributed by atoms with Crippen LogP contribution >= 0.6 is 11.3 Å². The second-order valence-corrected chi connectivity index (χ2v) is 7.55. The Bertz CT molecular complexity index is 934. The molecule has 3 aromatic rings. The Morgan fingerprint density at radius 1 is 1.38 bits per heavy atom. The third kappa shape index (κ3) is 3.30. The zero-order valence-corrected chi connectivity index (χ0v) is 15.2. The number of nitrogens with zero attached hydrogens (tertiary/aromatic N) is 3. The van der Waals surface area contributed by atoms with Crippen LogP contribution in [0.25, 0.3) is 10.4 Å². The van der Waals surface area contributed by atoms with Crippen LogP contribution in [0.4, 0.5) is 0 Å². The molecule has 0 atom stereocenters. The van der Waals surface area contributed by atoms with E-state index in [9.17, 15) is 9.90 Å². The van der Waals surface area contributed by atoms with Crippen molar-refractivity contribution in [2.24, 2.45) is 0 Å². The van der Waals surface area contributed by atoms with Crippen molar-refractivity contribution in [1.29, 1.82) is 0 Å². The molecule has 1 aliphatic rings. The highest BCUT2D eigenvalue weighted by Gasteiger charge is 2.23. The maximum Gasteiger partial charge on any atom is 0.244 e. The maximum atomic E-state index is 12.6. The van der Waals surface area contributed by atoms with Crippen molar-refractivity contribution in [3.63, 3.8) is 0 Å². The second-order valence-electron chi connectivity index (χ2n) is 6.26. The molecule has 6 nitrogen and oxygen atoms in total. The number of phenolic OH excluding ortho intramolecular Hbond substituents is 1. The Hall–Kier alpha value is -2.80. The van der Waals surface area contributed by atoms with Crippen LogP contribution in [0.2, 0.25) is 0 Å². The van der Waals surface area contributed by atoms with Gasteiger partial charge in [-0.05, 0) is 42.8 Å². The Kier molecular flexibility index (Phi) is 4.38. The molecule has 0 saturated carbocycles. The van der Waals surface area contributed by atoms with Crippen molar-refractivity contribution in [3.8, 4) is 21.9 Å². The first-order valence-electron chi connectivity index (χ1n) is 8.41. The van der Waals surface area contributed by atoms with Gasteiger partial charge in [-0.3, -0.25) is 9.48 Å². The van der Waals surface area contributed by atoms with E-state index in [-0.39, 0.29) is 18.2 Å². The molecule has 1 N–H and O–H groups in total. The molecule has 26 heavy (non-hydrogen) atoms. The Morgan fingerprint density at radius 3 is 3.00 bits per heavy atom. The van der Waals surface area contributed by atoms with E-state index >= 15 is 0 Å². The monoisotopic (exact) mass is 369 g/mol. The number of aromatic nitrogens is 2. The summed E-state index contributed by atoms with van der Waals surface area (Å²) < 4.78 is 7.34. The summed E-state index contributed by atoms with van der Waals surface area (Å²) in [4.78, 5) is 16.7. The largest absolute Gasteiger partial charge is 0.504 e. The van der Waals surface area contributed by atoms with Crippen LogP contribution in [0, 0.1) is 6.92 Å². The van der Waals surface area contributed by atoms with E-state index in [1.165, 1.54) is 4.88 Å². The maximum absolute atomic E-state index is 12.6. The van der Waals surface area contributed by atoms with E-state index in [0.29, 0.717) is 25.4 Å². The zero-order chi connectivity index (χ0) is 18.1. The molecule has 2 aromatic heterocycles. The lowest BCUT2D eigenvalue weighted by Crippen LogP contribution is -2.35. The molecular formula is C19H19N3O3S. The average Bonchev–Trinajstić information content (AvgIpc) is 3.22. The van der Waals surface area contributed by atoms with Gasteiger partial charge in [0.05, 0.1) is 6.54 Å². The summed E-state index contributed by atoms with van der Waals surface area (Å²) in [6.45, 7) is 3.47. The summed E-state index contributed by atoms with van der Waals surface area (Å²) in [5.41, 5.74) is 1.75. The normalized spacial score (nSPS) is 13.8. The van der Waals surface area contributed by atoms with Crippen LogP contribution in [0.5, 0.6) is 11.5 Å². The third-order valence-corrected chi connectivity index (χ3v) is 5.40. The molecule has 0 fully saturated rings. The molecule has 0 bridgehead atoms. The van der Waals surface area contributed by atoms with Gasteiger partial charge in [-0.15, -0.1) is 11.3 Å². The van der Waals surface area contributed by atoms with Gasteiger partial charge in [-0.2, -0.15) is 5.10 Å². The number of hydrogen-bond donors (Lipinski definition) is 1. The molecule has 1 aromatic carbocycles. The second kappa shape index (κ2) is 6.84. The molecule has 0 unspecified atom stereocenters. The molecule has 134 valence electrons. The van der Waals surface area contributed by atoms with Crippen molar-refractivity contribution in [1.82, 2.24) is 14.7 Å². The van der Waals surface area contributed by atoms with Gasteiger partial charge in [0.2, 0.25) is 5.91 Å². The summed E-state index contributed by atoms with van der Waals surface area (Å²) in [6.07, 6.45) is 3.42. The van der Waals surface area contributed by atoms with Crippen molar-refractivity contribution in [3.05, 3.63) is 53.2 Å². The lowest BCUT2D eigenvalue weighted by atomic mass is 10.1. The first-order valence-corrected chi connectivity index (χ1v) is 9.22. The van der Waals surface area contributed by atoms with Crippen molar-refractivity contribution in [2.75, 3.05) is 13.2 Å². The van der Waals surface area contributed by atoms with Gasteiger partial charge in [0.1, 0.15) is 13.2 Å². The van der Waals surface area contributed by atoms with E-state index in [4.69, 9.17) is 4.74 Å². The van der Waals surface area contributed by atoms with Crippen LogP contribution in [0.15, 0.2) is 42.7 Å². The molecule has 7 heteroatoms.